The van der Waals surface area contributed by atoms with Crippen molar-refractivity contribution < 1.29 is 14.2 Å². The summed E-state index contributed by atoms with van der Waals surface area (Å²) in [6, 6.07) is 18.1. The zero-order valence-corrected chi connectivity index (χ0v) is 20.3. The molecule has 3 aromatic carbocycles. The van der Waals surface area contributed by atoms with E-state index in [-0.39, 0.29) is 0 Å². The largest absolute Gasteiger partial charge is 0.494 e. The summed E-state index contributed by atoms with van der Waals surface area (Å²) in [5.41, 5.74) is 5.16. The molecular weight excluding hydrogens is 436 g/mol. The summed E-state index contributed by atoms with van der Waals surface area (Å²) >= 11 is 6.26. The first-order chi connectivity index (χ1) is 16.0. The fourth-order valence-corrected chi connectivity index (χ4v) is 4.16. The van der Waals surface area contributed by atoms with Gasteiger partial charge in [-0.3, -0.25) is 0 Å². The maximum Gasteiger partial charge on any atom is 0.161 e. The van der Waals surface area contributed by atoms with Crippen molar-refractivity contribution in [1.82, 2.24) is 9.55 Å². The number of para-hydroxylation sites is 2. The van der Waals surface area contributed by atoms with Gasteiger partial charge in [0.25, 0.3) is 0 Å². The van der Waals surface area contributed by atoms with E-state index < -0.39 is 0 Å². The number of benzene rings is 3. The molecule has 0 radical (unpaired) electrons. The quantitative estimate of drug-likeness (QED) is 0.254. The summed E-state index contributed by atoms with van der Waals surface area (Å²) in [7, 11) is 3.29. The Kier molecular flexibility index (Phi) is 7.09. The third kappa shape index (κ3) is 4.93. The van der Waals surface area contributed by atoms with Crippen LogP contribution in [-0.4, -0.2) is 30.4 Å². The third-order valence-electron chi connectivity index (χ3n) is 5.75. The Labute approximate surface area is 199 Å². The van der Waals surface area contributed by atoms with Crippen molar-refractivity contribution in [2.75, 3.05) is 20.8 Å². The molecule has 0 saturated carbocycles. The number of hydrogen-bond acceptors (Lipinski definition) is 4. The first-order valence-electron chi connectivity index (χ1n) is 11.1. The standard InChI is InChI=1S/C27H29ClN2O3/c1-18-15-21(16-19(2)26(18)28)33-14-8-7-13-30-23-10-6-5-9-22(23)29-27(30)20-11-12-24(31-3)25(17-20)32-4/h5-6,9-12,15-17H,7-8,13-14H2,1-4H3. The molecule has 0 atom stereocenters. The minimum absolute atomic E-state index is 0.652. The zero-order valence-electron chi connectivity index (χ0n) is 19.5. The Morgan fingerprint density at radius 2 is 1.61 bits per heavy atom. The van der Waals surface area contributed by atoms with Gasteiger partial charge < -0.3 is 18.8 Å². The molecule has 0 aliphatic carbocycles. The van der Waals surface area contributed by atoms with Crippen LogP contribution in [0.2, 0.25) is 5.02 Å². The first kappa shape index (κ1) is 23.0. The molecule has 4 aromatic rings. The predicted octanol–water partition coefficient (Wildman–Crippen LogP) is 6.85. The lowest BCUT2D eigenvalue weighted by Crippen LogP contribution is -2.04. The van der Waals surface area contributed by atoms with Gasteiger partial charge in [0.1, 0.15) is 11.6 Å². The van der Waals surface area contributed by atoms with E-state index in [4.69, 9.17) is 30.8 Å². The van der Waals surface area contributed by atoms with E-state index in [0.29, 0.717) is 18.1 Å². The number of rotatable bonds is 9. The van der Waals surface area contributed by atoms with Gasteiger partial charge in [-0.15, -0.1) is 0 Å². The van der Waals surface area contributed by atoms with E-state index >= 15 is 0 Å². The van der Waals surface area contributed by atoms with Gasteiger partial charge in [0.15, 0.2) is 11.5 Å². The second kappa shape index (κ2) is 10.2. The molecule has 4 rings (SSSR count). The van der Waals surface area contributed by atoms with Gasteiger partial charge in [-0.2, -0.15) is 0 Å². The number of fused-ring (bicyclic) bond motifs is 1. The highest BCUT2D eigenvalue weighted by Crippen LogP contribution is 2.33. The van der Waals surface area contributed by atoms with Gasteiger partial charge in [-0.1, -0.05) is 23.7 Å². The van der Waals surface area contributed by atoms with Crippen molar-refractivity contribution in [3.63, 3.8) is 0 Å². The van der Waals surface area contributed by atoms with Gasteiger partial charge >= 0.3 is 0 Å². The number of hydrogen-bond donors (Lipinski definition) is 0. The second-order valence-corrected chi connectivity index (χ2v) is 8.45. The molecule has 0 saturated heterocycles. The van der Waals surface area contributed by atoms with Crippen LogP contribution in [0, 0.1) is 13.8 Å². The number of ether oxygens (including phenoxy) is 3. The van der Waals surface area contributed by atoms with Crippen molar-refractivity contribution >= 4 is 22.6 Å². The molecule has 6 heteroatoms. The van der Waals surface area contributed by atoms with Crippen LogP contribution in [-0.2, 0) is 6.54 Å². The fourth-order valence-electron chi connectivity index (χ4n) is 4.05. The maximum absolute atomic E-state index is 6.26. The number of halogens is 1. The maximum atomic E-state index is 6.26. The Morgan fingerprint density at radius 3 is 2.33 bits per heavy atom. The van der Waals surface area contributed by atoms with Crippen molar-refractivity contribution in [3.8, 4) is 28.6 Å². The smallest absolute Gasteiger partial charge is 0.161 e. The number of unbranched alkanes of at least 4 members (excludes halogenated alkanes) is 1. The Morgan fingerprint density at radius 1 is 0.879 bits per heavy atom. The molecule has 1 heterocycles. The van der Waals surface area contributed by atoms with Crippen molar-refractivity contribution in [3.05, 3.63) is 70.7 Å². The van der Waals surface area contributed by atoms with Crippen molar-refractivity contribution in [2.45, 2.75) is 33.2 Å². The van der Waals surface area contributed by atoms with Crippen LogP contribution in [0.15, 0.2) is 54.6 Å². The number of methoxy groups -OCH3 is 2. The minimum Gasteiger partial charge on any atom is -0.494 e. The molecule has 172 valence electrons. The number of nitrogens with zero attached hydrogens (tertiary/aromatic N) is 2. The molecule has 0 aliphatic heterocycles. The summed E-state index contributed by atoms with van der Waals surface area (Å²) in [5.74, 6) is 3.18. The SMILES string of the molecule is COc1ccc(-c2nc3ccccc3n2CCCCOc2cc(C)c(Cl)c(C)c2)cc1OC. The molecule has 0 N–H and O–H groups in total. The molecule has 0 unspecified atom stereocenters. The molecule has 33 heavy (non-hydrogen) atoms. The molecule has 5 nitrogen and oxygen atoms in total. The number of aromatic nitrogens is 2. The normalized spacial score (nSPS) is 11.1. The van der Waals surface area contributed by atoms with Crippen LogP contribution in [0.4, 0.5) is 0 Å². The highest BCUT2D eigenvalue weighted by atomic mass is 35.5. The molecule has 0 spiro atoms. The summed E-state index contributed by atoms with van der Waals surface area (Å²) in [5, 5.41) is 0.803. The van der Waals surface area contributed by atoms with E-state index in [1.807, 2.05) is 62.4 Å². The van der Waals surface area contributed by atoms with Crippen LogP contribution in [0.3, 0.4) is 0 Å². The lowest BCUT2D eigenvalue weighted by Gasteiger charge is -2.13. The zero-order chi connectivity index (χ0) is 23.4. The van der Waals surface area contributed by atoms with Crippen molar-refractivity contribution in [2.24, 2.45) is 0 Å². The molecule has 0 bridgehead atoms. The minimum atomic E-state index is 0.652. The summed E-state index contributed by atoms with van der Waals surface area (Å²) in [6.45, 7) is 5.50. The van der Waals surface area contributed by atoms with Crippen LogP contribution in [0.5, 0.6) is 17.2 Å². The second-order valence-electron chi connectivity index (χ2n) is 8.07. The monoisotopic (exact) mass is 464 g/mol. The first-order valence-corrected chi connectivity index (χ1v) is 11.5. The highest BCUT2D eigenvalue weighted by Gasteiger charge is 2.15. The molecule has 1 aromatic heterocycles. The molecule has 0 aliphatic rings. The Bertz CT molecular complexity index is 1240. The Hall–Kier alpha value is -3.18. The van der Waals surface area contributed by atoms with E-state index in [1.165, 1.54) is 0 Å². The van der Waals surface area contributed by atoms with Crippen LogP contribution in [0.25, 0.3) is 22.4 Å². The summed E-state index contributed by atoms with van der Waals surface area (Å²) < 4.78 is 19.2. The van der Waals surface area contributed by atoms with E-state index in [1.54, 1.807) is 14.2 Å². The van der Waals surface area contributed by atoms with Crippen LogP contribution in [0.1, 0.15) is 24.0 Å². The van der Waals surface area contributed by atoms with Gasteiger partial charge in [0.05, 0.1) is 31.9 Å². The van der Waals surface area contributed by atoms with Gasteiger partial charge in [0.2, 0.25) is 0 Å². The van der Waals surface area contributed by atoms with E-state index in [2.05, 4.69) is 10.6 Å². The lowest BCUT2D eigenvalue weighted by atomic mass is 10.1. The lowest BCUT2D eigenvalue weighted by molar-refractivity contribution is 0.303. The Balaban J connectivity index is 1.50. The number of imidazole rings is 1. The van der Waals surface area contributed by atoms with E-state index in [9.17, 15) is 0 Å². The van der Waals surface area contributed by atoms with Gasteiger partial charge in [0, 0.05) is 17.1 Å². The highest BCUT2D eigenvalue weighted by molar-refractivity contribution is 6.32. The van der Waals surface area contributed by atoms with Gasteiger partial charge in [-0.25, -0.2) is 4.98 Å². The van der Waals surface area contributed by atoms with Crippen molar-refractivity contribution in [1.29, 1.82) is 0 Å². The molecular formula is C27H29ClN2O3. The third-order valence-corrected chi connectivity index (χ3v) is 6.35. The van der Waals surface area contributed by atoms with Crippen LogP contribution < -0.4 is 14.2 Å². The van der Waals surface area contributed by atoms with Gasteiger partial charge in [-0.05, 0) is 80.3 Å². The topological polar surface area (TPSA) is 45.5 Å². The van der Waals surface area contributed by atoms with Crippen LogP contribution >= 0.6 is 11.6 Å². The fraction of sp³-hybridized carbons (Fsp3) is 0.296. The number of aryl methyl sites for hydroxylation is 3. The average molecular weight is 465 g/mol. The predicted molar refractivity (Wildman–Crippen MR) is 134 cm³/mol. The molecule has 0 fully saturated rings. The summed E-state index contributed by atoms with van der Waals surface area (Å²) in [4.78, 5) is 4.91. The summed E-state index contributed by atoms with van der Waals surface area (Å²) in [6.07, 6.45) is 1.89. The molecule has 0 amide bonds. The van der Waals surface area contributed by atoms with E-state index in [0.717, 1.165) is 63.7 Å². The average Bonchev–Trinajstić information content (AvgIpc) is 3.20.